The van der Waals surface area contributed by atoms with Crippen molar-refractivity contribution < 1.29 is 22.8 Å². The van der Waals surface area contributed by atoms with Gasteiger partial charge in [-0.2, -0.15) is 4.31 Å². The Morgan fingerprint density at radius 3 is 2.35 bits per heavy atom. The number of amides is 4. The molecule has 9 nitrogen and oxygen atoms in total. The van der Waals surface area contributed by atoms with Crippen LogP contribution in [0.3, 0.4) is 0 Å². The maximum absolute atomic E-state index is 13.1. The van der Waals surface area contributed by atoms with E-state index in [0.717, 1.165) is 24.2 Å². The first-order chi connectivity index (χ1) is 14.6. The zero-order chi connectivity index (χ0) is 22.8. The highest BCUT2D eigenvalue weighted by atomic mass is 32.2. The number of urea groups is 1. The summed E-state index contributed by atoms with van der Waals surface area (Å²) in [5.41, 5.74) is -0.0828. The quantitative estimate of drug-likeness (QED) is 0.618. The largest absolute Gasteiger partial charge is 0.325 e. The monoisotopic (exact) mass is 450 g/mol. The predicted octanol–water partition coefficient (Wildman–Crippen LogP) is 2.22. The van der Waals surface area contributed by atoms with Gasteiger partial charge < -0.3 is 10.6 Å². The van der Waals surface area contributed by atoms with Crippen molar-refractivity contribution in [3.8, 4) is 0 Å². The SMILES string of the molecule is CCC1(CC)NC(=O)N(CC(=O)Nc2ccc(C)c(S(=O)(=O)N3CCCCC3)c2)C1=O. The number of nitrogens with one attached hydrogen (secondary N) is 2. The molecule has 2 saturated heterocycles. The molecule has 1 aromatic rings. The number of piperidine rings is 1. The normalized spacial score (nSPS) is 19.4. The zero-order valence-electron chi connectivity index (χ0n) is 18.2. The van der Waals surface area contributed by atoms with Crippen molar-refractivity contribution >= 4 is 33.6 Å². The number of nitrogens with zero attached hydrogens (tertiary/aromatic N) is 2. The molecule has 10 heteroatoms. The van der Waals surface area contributed by atoms with Crippen LogP contribution in [0.2, 0.25) is 0 Å². The topological polar surface area (TPSA) is 116 Å². The Morgan fingerprint density at radius 1 is 1.13 bits per heavy atom. The van der Waals surface area contributed by atoms with E-state index in [4.69, 9.17) is 0 Å². The van der Waals surface area contributed by atoms with E-state index in [1.807, 2.05) is 13.8 Å². The summed E-state index contributed by atoms with van der Waals surface area (Å²) in [7, 11) is -3.66. The minimum atomic E-state index is -3.66. The third-order valence-electron chi connectivity index (χ3n) is 6.16. The highest BCUT2D eigenvalue weighted by molar-refractivity contribution is 7.89. The van der Waals surface area contributed by atoms with Crippen LogP contribution in [0.15, 0.2) is 23.1 Å². The van der Waals surface area contributed by atoms with Gasteiger partial charge in [-0.05, 0) is 50.3 Å². The van der Waals surface area contributed by atoms with Gasteiger partial charge in [-0.15, -0.1) is 0 Å². The van der Waals surface area contributed by atoms with Gasteiger partial charge in [-0.3, -0.25) is 14.5 Å². The summed E-state index contributed by atoms with van der Waals surface area (Å²) in [6.07, 6.45) is 3.54. The summed E-state index contributed by atoms with van der Waals surface area (Å²) < 4.78 is 27.6. The summed E-state index contributed by atoms with van der Waals surface area (Å²) in [4.78, 5) is 38.5. The van der Waals surface area contributed by atoms with Crippen molar-refractivity contribution in [2.75, 3.05) is 25.0 Å². The van der Waals surface area contributed by atoms with Crippen molar-refractivity contribution in [3.05, 3.63) is 23.8 Å². The number of rotatable bonds is 7. The number of benzene rings is 1. The van der Waals surface area contributed by atoms with Crippen LogP contribution in [0.25, 0.3) is 0 Å². The van der Waals surface area contributed by atoms with Crippen LogP contribution >= 0.6 is 0 Å². The summed E-state index contributed by atoms with van der Waals surface area (Å²) in [5, 5.41) is 5.30. The fourth-order valence-electron chi connectivity index (χ4n) is 4.09. The number of carbonyl (C=O) groups is 3. The van der Waals surface area contributed by atoms with Crippen molar-refractivity contribution in [2.24, 2.45) is 0 Å². The van der Waals surface area contributed by atoms with Gasteiger partial charge in [0.2, 0.25) is 15.9 Å². The molecule has 0 spiro atoms. The Labute approximate surface area is 183 Å². The Bertz CT molecular complexity index is 981. The number of aryl methyl sites for hydroxylation is 1. The van der Waals surface area contributed by atoms with Gasteiger partial charge in [0.1, 0.15) is 12.1 Å². The number of hydrogen-bond donors (Lipinski definition) is 2. The van der Waals surface area contributed by atoms with E-state index in [1.165, 1.54) is 10.4 Å². The molecule has 2 heterocycles. The molecule has 0 atom stereocenters. The lowest BCUT2D eigenvalue weighted by molar-refractivity contribution is -0.134. The van der Waals surface area contributed by atoms with Gasteiger partial charge in [-0.25, -0.2) is 13.2 Å². The van der Waals surface area contributed by atoms with Crippen molar-refractivity contribution in [1.82, 2.24) is 14.5 Å². The minimum Gasteiger partial charge on any atom is -0.324 e. The second-order valence-corrected chi connectivity index (χ2v) is 10.0. The average Bonchev–Trinajstić information content (AvgIpc) is 3.00. The number of hydrogen-bond acceptors (Lipinski definition) is 5. The van der Waals surface area contributed by atoms with Gasteiger partial charge in [0.25, 0.3) is 5.91 Å². The molecule has 4 amide bonds. The highest BCUT2D eigenvalue weighted by Gasteiger charge is 2.49. The van der Waals surface area contributed by atoms with Crippen LogP contribution in [0.5, 0.6) is 0 Å². The van der Waals surface area contributed by atoms with Gasteiger partial charge in [-0.1, -0.05) is 26.3 Å². The molecule has 2 aliphatic rings. The molecule has 0 radical (unpaired) electrons. The van der Waals surface area contributed by atoms with Crippen LogP contribution in [-0.2, 0) is 19.6 Å². The molecular formula is C21H30N4O5S. The first-order valence-electron chi connectivity index (χ1n) is 10.7. The molecule has 0 unspecified atom stereocenters. The third kappa shape index (κ3) is 4.45. The van der Waals surface area contributed by atoms with Crippen LogP contribution in [0.4, 0.5) is 10.5 Å². The van der Waals surface area contributed by atoms with Crippen molar-refractivity contribution in [1.29, 1.82) is 0 Å². The standard InChI is InChI=1S/C21H30N4O5S/c1-4-21(5-2)19(27)25(20(28)23-21)14-18(26)22-16-10-9-15(3)17(13-16)31(29,30)24-11-7-6-8-12-24/h9-10,13H,4-8,11-12,14H2,1-3H3,(H,22,26)(H,23,28). The molecule has 0 aromatic heterocycles. The number of sulfonamides is 1. The summed E-state index contributed by atoms with van der Waals surface area (Å²) in [6, 6.07) is 4.09. The van der Waals surface area contributed by atoms with E-state index in [0.29, 0.717) is 37.2 Å². The fourth-order valence-corrected chi connectivity index (χ4v) is 5.86. The average molecular weight is 451 g/mol. The molecule has 2 aliphatic heterocycles. The van der Waals surface area contributed by atoms with Crippen LogP contribution < -0.4 is 10.6 Å². The number of carbonyl (C=O) groups excluding carboxylic acids is 3. The Morgan fingerprint density at radius 2 is 1.77 bits per heavy atom. The van der Waals surface area contributed by atoms with Gasteiger partial charge >= 0.3 is 6.03 Å². The van der Waals surface area contributed by atoms with E-state index in [1.54, 1.807) is 19.1 Å². The maximum atomic E-state index is 13.1. The highest BCUT2D eigenvalue weighted by Crippen LogP contribution is 2.27. The molecule has 0 aliphatic carbocycles. The van der Waals surface area contributed by atoms with E-state index in [9.17, 15) is 22.8 Å². The lowest BCUT2D eigenvalue weighted by Crippen LogP contribution is -2.46. The summed E-state index contributed by atoms with van der Waals surface area (Å²) >= 11 is 0. The second kappa shape index (κ2) is 8.96. The van der Waals surface area contributed by atoms with E-state index in [2.05, 4.69) is 10.6 Å². The Kier molecular flexibility index (Phi) is 6.70. The number of imide groups is 1. The predicted molar refractivity (Wildman–Crippen MR) is 116 cm³/mol. The zero-order valence-corrected chi connectivity index (χ0v) is 19.0. The van der Waals surface area contributed by atoms with Crippen molar-refractivity contribution in [2.45, 2.75) is 63.3 Å². The molecule has 1 aromatic carbocycles. The molecule has 2 N–H and O–H groups in total. The fraction of sp³-hybridized carbons (Fsp3) is 0.571. The Balaban J connectivity index is 1.75. The lowest BCUT2D eigenvalue weighted by atomic mass is 9.93. The van der Waals surface area contributed by atoms with E-state index in [-0.39, 0.29) is 4.90 Å². The second-order valence-electron chi connectivity index (χ2n) is 8.10. The summed E-state index contributed by atoms with van der Waals surface area (Å²) in [5.74, 6) is -0.994. The van der Waals surface area contributed by atoms with Crippen LogP contribution in [-0.4, -0.2) is 60.6 Å². The smallest absolute Gasteiger partial charge is 0.324 e. The van der Waals surface area contributed by atoms with Crippen LogP contribution in [0, 0.1) is 6.92 Å². The van der Waals surface area contributed by atoms with Crippen LogP contribution in [0.1, 0.15) is 51.5 Å². The van der Waals surface area contributed by atoms with Gasteiger partial charge in [0.05, 0.1) is 4.90 Å². The van der Waals surface area contributed by atoms with E-state index < -0.39 is 40.0 Å². The first kappa shape index (κ1) is 23.2. The number of anilines is 1. The molecule has 0 bridgehead atoms. The molecule has 3 rings (SSSR count). The molecular weight excluding hydrogens is 420 g/mol. The third-order valence-corrected chi connectivity index (χ3v) is 8.20. The van der Waals surface area contributed by atoms with Gasteiger partial charge in [0, 0.05) is 18.8 Å². The molecule has 0 saturated carbocycles. The minimum absolute atomic E-state index is 0.151. The molecule has 170 valence electrons. The maximum Gasteiger partial charge on any atom is 0.325 e. The Hall–Kier alpha value is -2.46. The van der Waals surface area contributed by atoms with Gasteiger partial charge in [0.15, 0.2) is 0 Å². The lowest BCUT2D eigenvalue weighted by Gasteiger charge is -2.26. The first-order valence-corrected chi connectivity index (χ1v) is 12.1. The van der Waals surface area contributed by atoms with Crippen molar-refractivity contribution in [3.63, 3.8) is 0 Å². The summed E-state index contributed by atoms with van der Waals surface area (Å²) in [6.45, 7) is 5.87. The molecule has 31 heavy (non-hydrogen) atoms. The molecule has 2 fully saturated rings. The van der Waals surface area contributed by atoms with E-state index >= 15 is 0 Å².